The zero-order valence-electron chi connectivity index (χ0n) is 6.28. The first kappa shape index (κ1) is 9.56. The highest BCUT2D eigenvalue weighted by molar-refractivity contribution is 6.28. The Kier molecular flexibility index (Phi) is 2.54. The number of rotatable bonds is 1. The van der Waals surface area contributed by atoms with Gasteiger partial charge in [0.05, 0.1) is 5.52 Å². The van der Waals surface area contributed by atoms with Crippen LogP contribution in [0.3, 0.4) is 0 Å². The number of pyridine rings is 1. The minimum absolute atomic E-state index is 0. The Bertz CT molecular complexity index is 441. The van der Waals surface area contributed by atoms with Crippen molar-refractivity contribution in [2.24, 2.45) is 5.18 Å². The Morgan fingerprint density at radius 3 is 3.08 bits per heavy atom. The van der Waals surface area contributed by atoms with Gasteiger partial charge < -0.3 is 5.48 Å². The molecule has 2 aromatic rings. The normalized spacial score (nSPS) is 9.62. The summed E-state index contributed by atoms with van der Waals surface area (Å²) in [6.45, 7) is 0. The van der Waals surface area contributed by atoms with Crippen molar-refractivity contribution in [2.45, 2.75) is 0 Å². The SMILES string of the molecule is O=Nc1n[nH]c2cc(Cl)[nH+]cc12.[OH-]. The first-order valence-corrected chi connectivity index (χ1v) is 3.58. The van der Waals surface area contributed by atoms with Gasteiger partial charge >= 0.3 is 0 Å². The van der Waals surface area contributed by atoms with Crippen LogP contribution < -0.4 is 4.98 Å². The smallest absolute Gasteiger partial charge is 0.275 e. The van der Waals surface area contributed by atoms with Gasteiger partial charge in [0, 0.05) is 6.07 Å². The standard InChI is InChI=1S/C6H3ClN4O.H2O/c7-5-1-4-3(2-8-5)6(11-12)10-9-4;/h1-2H,(H,9,10);1H2. The molecule has 2 heterocycles. The average molecular weight is 201 g/mol. The molecule has 0 fully saturated rings. The number of hydrogen-bond acceptors (Lipinski definition) is 4. The van der Waals surface area contributed by atoms with E-state index in [-0.39, 0.29) is 11.3 Å². The summed E-state index contributed by atoms with van der Waals surface area (Å²) < 4.78 is 0. The van der Waals surface area contributed by atoms with E-state index >= 15 is 0 Å². The molecule has 13 heavy (non-hydrogen) atoms. The fourth-order valence-corrected chi connectivity index (χ4v) is 1.15. The Balaban J connectivity index is 0.000000845. The van der Waals surface area contributed by atoms with E-state index in [1.54, 1.807) is 12.3 Å². The van der Waals surface area contributed by atoms with Crippen LogP contribution >= 0.6 is 11.6 Å². The largest absolute Gasteiger partial charge is 0.870 e. The van der Waals surface area contributed by atoms with Gasteiger partial charge in [0.15, 0.2) is 6.20 Å². The molecule has 3 N–H and O–H groups in total. The molecule has 0 aliphatic carbocycles. The summed E-state index contributed by atoms with van der Waals surface area (Å²) in [5, 5.41) is 10.1. The number of H-pyrrole nitrogens is 2. The third kappa shape index (κ3) is 1.49. The molecule has 0 aliphatic heterocycles. The highest BCUT2D eigenvalue weighted by Gasteiger charge is 2.09. The first-order valence-electron chi connectivity index (χ1n) is 3.20. The monoisotopic (exact) mass is 200 g/mol. The van der Waals surface area contributed by atoms with Crippen LogP contribution in [0.5, 0.6) is 0 Å². The van der Waals surface area contributed by atoms with Crippen molar-refractivity contribution in [3.8, 4) is 0 Å². The Morgan fingerprint density at radius 1 is 1.62 bits per heavy atom. The Labute approximate surface area is 77.2 Å². The predicted molar refractivity (Wildman–Crippen MR) is 45.1 cm³/mol. The third-order valence-electron chi connectivity index (χ3n) is 1.53. The van der Waals surface area contributed by atoms with Crippen molar-refractivity contribution >= 4 is 28.3 Å². The maximum absolute atomic E-state index is 10.2. The van der Waals surface area contributed by atoms with Crippen molar-refractivity contribution in [3.05, 3.63) is 22.3 Å². The minimum Gasteiger partial charge on any atom is -0.870 e. The predicted octanol–water partition coefficient (Wildman–Crippen LogP) is 1.25. The number of nitrogens with one attached hydrogen (secondary N) is 2. The number of aromatic nitrogens is 3. The number of fused-ring (bicyclic) bond motifs is 1. The zero-order valence-corrected chi connectivity index (χ0v) is 7.04. The highest BCUT2D eigenvalue weighted by Crippen LogP contribution is 2.21. The van der Waals surface area contributed by atoms with Crippen molar-refractivity contribution in [3.63, 3.8) is 0 Å². The zero-order chi connectivity index (χ0) is 8.55. The van der Waals surface area contributed by atoms with Crippen LogP contribution in [0.4, 0.5) is 5.82 Å². The molecule has 0 spiro atoms. The Morgan fingerprint density at radius 2 is 2.38 bits per heavy atom. The molecule has 7 heteroatoms. The van der Waals surface area contributed by atoms with Crippen LogP contribution in [-0.4, -0.2) is 15.7 Å². The van der Waals surface area contributed by atoms with Crippen LogP contribution in [0.25, 0.3) is 10.9 Å². The van der Waals surface area contributed by atoms with Gasteiger partial charge in [-0.3, -0.25) is 5.10 Å². The van der Waals surface area contributed by atoms with E-state index in [0.717, 1.165) is 0 Å². The molecule has 0 unspecified atom stereocenters. The number of nitroso groups, excluding NO2 is 1. The van der Waals surface area contributed by atoms with E-state index in [9.17, 15) is 4.91 Å². The summed E-state index contributed by atoms with van der Waals surface area (Å²) in [5.74, 6) is 0.137. The fourth-order valence-electron chi connectivity index (χ4n) is 0.985. The minimum atomic E-state index is 0. The lowest BCUT2D eigenvalue weighted by Gasteiger charge is -1.81. The summed E-state index contributed by atoms with van der Waals surface area (Å²) in [4.78, 5) is 12.9. The van der Waals surface area contributed by atoms with E-state index in [1.165, 1.54) is 0 Å². The lowest BCUT2D eigenvalue weighted by molar-refractivity contribution is -0.373. The average Bonchev–Trinajstić information content (AvgIpc) is 2.46. The molecule has 0 aliphatic rings. The number of hydrogen-bond donors (Lipinski definition) is 1. The van der Waals surface area contributed by atoms with Crippen LogP contribution in [0, 0.1) is 4.91 Å². The van der Waals surface area contributed by atoms with E-state index in [1.807, 2.05) is 0 Å². The number of nitrogens with zero attached hydrogens (tertiary/aromatic N) is 2. The maximum Gasteiger partial charge on any atom is 0.275 e. The molecule has 2 rings (SSSR count). The van der Waals surface area contributed by atoms with Crippen LogP contribution in [0.15, 0.2) is 17.4 Å². The summed E-state index contributed by atoms with van der Waals surface area (Å²) in [7, 11) is 0. The van der Waals surface area contributed by atoms with Crippen LogP contribution in [-0.2, 0) is 0 Å². The molecular formula is C6H5ClN4O2. The molecule has 0 saturated carbocycles. The van der Waals surface area contributed by atoms with Gasteiger partial charge in [0.2, 0.25) is 5.82 Å². The van der Waals surface area contributed by atoms with Gasteiger partial charge in [0.1, 0.15) is 5.39 Å². The van der Waals surface area contributed by atoms with Crippen molar-refractivity contribution < 1.29 is 10.5 Å². The topological polar surface area (TPSA) is 102 Å². The molecular weight excluding hydrogens is 196 g/mol. The molecule has 0 aromatic carbocycles. The maximum atomic E-state index is 10.2. The second kappa shape index (κ2) is 3.46. The number of aromatic amines is 2. The first-order chi connectivity index (χ1) is 5.81. The third-order valence-corrected chi connectivity index (χ3v) is 1.74. The van der Waals surface area contributed by atoms with E-state index < -0.39 is 0 Å². The summed E-state index contributed by atoms with van der Waals surface area (Å²) >= 11 is 5.66. The summed E-state index contributed by atoms with van der Waals surface area (Å²) in [6, 6.07) is 1.64. The number of halogens is 1. The van der Waals surface area contributed by atoms with Crippen molar-refractivity contribution in [1.82, 2.24) is 10.2 Å². The van der Waals surface area contributed by atoms with Gasteiger partial charge in [0.25, 0.3) is 5.15 Å². The Hall–Kier alpha value is -1.53. The molecule has 68 valence electrons. The molecule has 0 amide bonds. The van der Waals surface area contributed by atoms with Crippen molar-refractivity contribution in [1.29, 1.82) is 0 Å². The van der Waals surface area contributed by atoms with Crippen LogP contribution in [0.2, 0.25) is 5.15 Å². The quantitative estimate of drug-likeness (QED) is 0.553. The van der Waals surface area contributed by atoms with Gasteiger partial charge in [-0.05, 0) is 16.8 Å². The molecule has 0 saturated heterocycles. The van der Waals surface area contributed by atoms with E-state index in [4.69, 9.17) is 11.6 Å². The van der Waals surface area contributed by atoms with Gasteiger partial charge in [-0.25, -0.2) is 4.98 Å². The van der Waals surface area contributed by atoms with Crippen molar-refractivity contribution in [2.75, 3.05) is 0 Å². The van der Waals surface area contributed by atoms with Crippen LogP contribution in [0.1, 0.15) is 0 Å². The summed E-state index contributed by atoms with van der Waals surface area (Å²) in [6.07, 6.45) is 1.58. The lowest BCUT2D eigenvalue weighted by Crippen LogP contribution is -2.00. The second-order valence-electron chi connectivity index (χ2n) is 2.25. The molecule has 0 radical (unpaired) electrons. The summed E-state index contributed by atoms with van der Waals surface area (Å²) in [5.41, 5.74) is 0.688. The lowest BCUT2D eigenvalue weighted by atomic mass is 10.3. The van der Waals surface area contributed by atoms with E-state index in [0.29, 0.717) is 16.1 Å². The van der Waals surface area contributed by atoms with E-state index in [2.05, 4.69) is 20.4 Å². The molecule has 2 aromatic heterocycles. The molecule has 0 bridgehead atoms. The second-order valence-corrected chi connectivity index (χ2v) is 2.65. The van der Waals surface area contributed by atoms with Gasteiger partial charge in [-0.1, -0.05) is 0 Å². The fraction of sp³-hybridized carbons (Fsp3) is 0. The van der Waals surface area contributed by atoms with Gasteiger partial charge in [-0.15, -0.1) is 4.91 Å². The highest BCUT2D eigenvalue weighted by atomic mass is 35.5. The molecule has 0 atom stereocenters. The van der Waals surface area contributed by atoms with Gasteiger partial charge in [-0.2, -0.15) is 5.10 Å². The molecule has 6 nitrogen and oxygen atoms in total.